The maximum Gasteiger partial charge on any atom is 0.258 e. The Labute approximate surface area is 127 Å². The number of carbonyl (C=O) groups excluding carboxylic acids is 1. The van der Waals surface area contributed by atoms with Crippen LogP contribution in [-0.4, -0.2) is 39.9 Å². The van der Waals surface area contributed by atoms with Gasteiger partial charge in [-0.05, 0) is 38.2 Å². The topological polar surface area (TPSA) is 71.2 Å². The Morgan fingerprint density at radius 1 is 1.50 bits per heavy atom. The van der Waals surface area contributed by atoms with E-state index in [1.165, 1.54) is 11.5 Å². The summed E-state index contributed by atoms with van der Waals surface area (Å²) >= 11 is 3.31. The monoisotopic (exact) mass is 312 g/mol. The van der Waals surface area contributed by atoms with Gasteiger partial charge in [-0.1, -0.05) is 0 Å². The lowest BCUT2D eigenvalue weighted by atomic mass is 10.1. The summed E-state index contributed by atoms with van der Waals surface area (Å²) < 4.78 is 4.39. The third-order valence-electron chi connectivity index (χ3n) is 3.55. The van der Waals surface area contributed by atoms with E-state index in [1.807, 2.05) is 11.8 Å². The molecule has 3 N–H and O–H groups in total. The minimum atomic E-state index is -0.0650. The predicted molar refractivity (Wildman–Crippen MR) is 85.8 cm³/mol. The van der Waals surface area contributed by atoms with Gasteiger partial charge in [0.2, 0.25) is 0 Å². The Morgan fingerprint density at radius 3 is 2.90 bits per heavy atom. The van der Waals surface area contributed by atoms with E-state index in [-0.39, 0.29) is 10.7 Å². The molecule has 1 saturated carbocycles. The summed E-state index contributed by atoms with van der Waals surface area (Å²) in [5, 5.41) is 3.94. The number of carbonyl (C=O) groups is 1. The lowest BCUT2D eigenvalue weighted by Gasteiger charge is -2.38. The molecule has 110 valence electrons. The molecule has 0 spiro atoms. The molecule has 2 aliphatic rings. The van der Waals surface area contributed by atoms with Gasteiger partial charge in [0.15, 0.2) is 5.82 Å². The summed E-state index contributed by atoms with van der Waals surface area (Å²) in [5.74, 6) is 1.36. The van der Waals surface area contributed by atoms with Gasteiger partial charge in [-0.3, -0.25) is 4.79 Å². The van der Waals surface area contributed by atoms with Gasteiger partial charge < -0.3 is 16.0 Å². The number of amides is 1. The molecule has 2 fully saturated rings. The molecular formula is C13H20N4OS2. The van der Waals surface area contributed by atoms with Crippen molar-refractivity contribution in [1.82, 2.24) is 9.69 Å². The molecule has 1 aliphatic heterocycles. The molecule has 0 unspecified atom stereocenters. The number of rotatable bonds is 3. The lowest BCUT2D eigenvalue weighted by Crippen LogP contribution is -2.43. The average molecular weight is 312 g/mol. The molecule has 1 aromatic heterocycles. The van der Waals surface area contributed by atoms with Crippen LogP contribution in [0.3, 0.4) is 0 Å². The van der Waals surface area contributed by atoms with Crippen molar-refractivity contribution in [2.45, 2.75) is 37.5 Å². The van der Waals surface area contributed by atoms with E-state index < -0.39 is 0 Å². The summed E-state index contributed by atoms with van der Waals surface area (Å²) in [6.07, 6.45) is 2.15. The average Bonchev–Trinajstić information content (AvgIpc) is 3.08. The van der Waals surface area contributed by atoms with Crippen molar-refractivity contribution in [1.29, 1.82) is 0 Å². The van der Waals surface area contributed by atoms with Gasteiger partial charge in [-0.15, -0.1) is 0 Å². The molecule has 0 atom stereocenters. The van der Waals surface area contributed by atoms with Gasteiger partial charge in [0.05, 0.1) is 0 Å². The first-order valence-electron chi connectivity index (χ1n) is 6.91. The van der Waals surface area contributed by atoms with E-state index in [0.717, 1.165) is 36.7 Å². The van der Waals surface area contributed by atoms with E-state index in [2.05, 4.69) is 28.4 Å². The maximum absolute atomic E-state index is 12.3. The second-order valence-electron chi connectivity index (χ2n) is 6.03. The van der Waals surface area contributed by atoms with Crippen LogP contribution in [0, 0.1) is 0 Å². The second-order valence-corrected chi connectivity index (χ2v) is 8.58. The summed E-state index contributed by atoms with van der Waals surface area (Å²) in [6.45, 7) is 6.33. The van der Waals surface area contributed by atoms with Gasteiger partial charge in [0.1, 0.15) is 10.6 Å². The van der Waals surface area contributed by atoms with Crippen LogP contribution in [0.1, 0.15) is 37.0 Å². The van der Waals surface area contributed by atoms with Gasteiger partial charge in [0.25, 0.3) is 5.91 Å². The number of nitrogens with one attached hydrogen (secondary N) is 1. The third kappa shape index (κ3) is 2.88. The number of hydrogen-bond donors (Lipinski definition) is 2. The molecule has 0 aromatic carbocycles. The first-order valence-corrected chi connectivity index (χ1v) is 8.67. The molecule has 1 saturated heterocycles. The number of nitrogen functional groups attached to an aromatic ring is 1. The van der Waals surface area contributed by atoms with Crippen molar-refractivity contribution in [2.24, 2.45) is 0 Å². The Morgan fingerprint density at radius 2 is 2.25 bits per heavy atom. The fourth-order valence-electron chi connectivity index (χ4n) is 2.40. The van der Waals surface area contributed by atoms with Crippen molar-refractivity contribution in [3.63, 3.8) is 0 Å². The van der Waals surface area contributed by atoms with Crippen molar-refractivity contribution in [3.8, 4) is 0 Å². The molecule has 1 aromatic rings. The minimum Gasteiger partial charge on any atom is -0.382 e. The molecule has 2 heterocycles. The van der Waals surface area contributed by atoms with Crippen LogP contribution in [-0.2, 0) is 0 Å². The molecule has 20 heavy (non-hydrogen) atoms. The Hall–Kier alpha value is -0.950. The second kappa shape index (κ2) is 5.11. The third-order valence-corrected chi connectivity index (χ3v) is 5.77. The Kier molecular flexibility index (Phi) is 3.58. The quantitative estimate of drug-likeness (QED) is 0.892. The standard InChI is InChI=1S/C13H20N4OS2/c1-13(2)7-17(5-6-19-13)12-9(10(14)16-20-12)11(18)15-8-3-4-8/h8H,3-7H2,1-2H3,(H2,14,16)(H,15,18). The van der Waals surface area contributed by atoms with E-state index in [4.69, 9.17) is 5.73 Å². The molecule has 3 rings (SSSR count). The predicted octanol–water partition coefficient (Wildman–Crippen LogP) is 1.95. The number of hydrogen-bond acceptors (Lipinski definition) is 6. The van der Waals surface area contributed by atoms with Crippen molar-refractivity contribution < 1.29 is 4.79 Å². The molecular weight excluding hydrogens is 292 g/mol. The summed E-state index contributed by atoms with van der Waals surface area (Å²) in [6, 6.07) is 0.336. The zero-order valence-corrected chi connectivity index (χ0v) is 13.4. The number of anilines is 2. The van der Waals surface area contributed by atoms with Crippen LogP contribution >= 0.6 is 23.3 Å². The van der Waals surface area contributed by atoms with Gasteiger partial charge in [-0.2, -0.15) is 16.1 Å². The summed E-state index contributed by atoms with van der Waals surface area (Å²) in [5.41, 5.74) is 6.49. The fraction of sp³-hybridized carbons (Fsp3) is 0.692. The smallest absolute Gasteiger partial charge is 0.258 e. The van der Waals surface area contributed by atoms with Crippen molar-refractivity contribution >= 4 is 40.0 Å². The molecule has 7 heteroatoms. The highest BCUT2D eigenvalue weighted by Gasteiger charge is 2.33. The lowest BCUT2D eigenvalue weighted by molar-refractivity contribution is 0.0952. The van der Waals surface area contributed by atoms with Crippen LogP contribution in [0.5, 0.6) is 0 Å². The van der Waals surface area contributed by atoms with Crippen molar-refractivity contribution in [3.05, 3.63) is 5.56 Å². The van der Waals surface area contributed by atoms with Gasteiger partial charge in [0, 0.05) is 29.6 Å². The largest absolute Gasteiger partial charge is 0.382 e. The molecule has 5 nitrogen and oxygen atoms in total. The highest BCUT2D eigenvalue weighted by atomic mass is 32.2. The fourth-order valence-corrected chi connectivity index (χ4v) is 4.34. The van der Waals surface area contributed by atoms with Crippen molar-refractivity contribution in [2.75, 3.05) is 29.5 Å². The van der Waals surface area contributed by atoms with E-state index >= 15 is 0 Å². The molecule has 1 amide bonds. The highest BCUT2D eigenvalue weighted by molar-refractivity contribution is 8.00. The number of nitrogens with two attached hydrogens (primary N) is 1. The normalized spacial score (nSPS) is 21.8. The number of nitrogens with zero attached hydrogens (tertiary/aromatic N) is 2. The SMILES string of the molecule is CC1(C)CN(c2snc(N)c2C(=O)NC2CC2)CCS1. The number of aromatic nitrogens is 1. The van der Waals surface area contributed by atoms with Gasteiger partial charge >= 0.3 is 0 Å². The first kappa shape index (κ1) is 14.0. The van der Waals surface area contributed by atoms with Crippen LogP contribution in [0.2, 0.25) is 0 Å². The minimum absolute atomic E-state index is 0.0650. The molecule has 0 radical (unpaired) electrons. The Bertz CT molecular complexity index is 524. The van der Waals surface area contributed by atoms with Gasteiger partial charge in [-0.25, -0.2) is 0 Å². The first-order chi connectivity index (χ1) is 9.46. The zero-order valence-electron chi connectivity index (χ0n) is 11.8. The summed E-state index contributed by atoms with van der Waals surface area (Å²) in [7, 11) is 0. The highest BCUT2D eigenvalue weighted by Crippen LogP contribution is 2.37. The molecule has 1 aliphatic carbocycles. The number of thioether (sulfide) groups is 1. The van der Waals surface area contributed by atoms with Crippen LogP contribution < -0.4 is 16.0 Å². The van der Waals surface area contributed by atoms with Crippen LogP contribution in [0.15, 0.2) is 0 Å². The van der Waals surface area contributed by atoms with E-state index in [9.17, 15) is 4.79 Å². The van der Waals surface area contributed by atoms with Crippen LogP contribution in [0.25, 0.3) is 0 Å². The Balaban J connectivity index is 1.83. The zero-order chi connectivity index (χ0) is 14.3. The molecule has 0 bridgehead atoms. The van der Waals surface area contributed by atoms with E-state index in [1.54, 1.807) is 0 Å². The van der Waals surface area contributed by atoms with E-state index in [0.29, 0.717) is 17.4 Å². The van der Waals surface area contributed by atoms with Crippen LogP contribution in [0.4, 0.5) is 10.8 Å². The maximum atomic E-state index is 12.3. The summed E-state index contributed by atoms with van der Waals surface area (Å²) in [4.78, 5) is 14.6.